The van der Waals surface area contributed by atoms with Crippen LogP contribution in [0.3, 0.4) is 0 Å². The van der Waals surface area contributed by atoms with Crippen LogP contribution < -0.4 is 16.0 Å². The summed E-state index contributed by atoms with van der Waals surface area (Å²) in [7, 11) is 2.15. The summed E-state index contributed by atoms with van der Waals surface area (Å²) in [6, 6.07) is 2.02. The van der Waals surface area contributed by atoms with Crippen molar-refractivity contribution in [3.05, 3.63) is 12.4 Å². The van der Waals surface area contributed by atoms with E-state index in [1.165, 1.54) is 0 Å². The van der Waals surface area contributed by atoms with Gasteiger partial charge in [0.2, 0.25) is 0 Å². The highest BCUT2D eigenvalue weighted by atomic mass is 15.3. The lowest BCUT2D eigenvalue weighted by Gasteiger charge is -2.33. The fourth-order valence-electron chi connectivity index (χ4n) is 2.01. The van der Waals surface area contributed by atoms with Crippen LogP contribution in [0.2, 0.25) is 0 Å². The average Bonchev–Trinajstić information content (AvgIpc) is 2.46. The zero-order valence-corrected chi connectivity index (χ0v) is 11.8. The Morgan fingerprint density at radius 1 is 1.32 bits per heavy atom. The lowest BCUT2D eigenvalue weighted by atomic mass is 10.2. The second-order valence-electron chi connectivity index (χ2n) is 5.27. The monoisotopic (exact) mass is 264 g/mol. The molecule has 6 heteroatoms. The van der Waals surface area contributed by atoms with Crippen LogP contribution in [0.25, 0.3) is 0 Å². The number of aromatic nitrogens is 2. The molecule has 1 aromatic heterocycles. The van der Waals surface area contributed by atoms with Gasteiger partial charge < -0.3 is 20.9 Å². The van der Waals surface area contributed by atoms with Crippen molar-refractivity contribution in [3.63, 3.8) is 0 Å². The van der Waals surface area contributed by atoms with Crippen molar-refractivity contribution < 1.29 is 0 Å². The second kappa shape index (κ2) is 6.68. The highest BCUT2D eigenvalue weighted by molar-refractivity contribution is 5.48. The number of likely N-dealkylation sites (N-methyl/N-ethyl adjacent to an activating group) is 1. The first-order valence-corrected chi connectivity index (χ1v) is 6.88. The second-order valence-corrected chi connectivity index (χ2v) is 5.27. The molecule has 1 aliphatic rings. The zero-order chi connectivity index (χ0) is 13.7. The standard InChI is InChI=1S/C13H24N6/c1-11(8-14)9-15-12-7-13(17-10-16-12)19-5-3-18(2)4-6-19/h7,10-11H,3-6,8-9,14H2,1-2H3,(H,15,16,17). The van der Waals surface area contributed by atoms with Crippen molar-refractivity contribution in [3.8, 4) is 0 Å². The minimum absolute atomic E-state index is 0.446. The Bertz CT molecular complexity index is 388. The molecular formula is C13H24N6. The number of nitrogens with zero attached hydrogens (tertiary/aromatic N) is 4. The van der Waals surface area contributed by atoms with Gasteiger partial charge in [-0.15, -0.1) is 0 Å². The van der Waals surface area contributed by atoms with Gasteiger partial charge in [-0.05, 0) is 19.5 Å². The third-order valence-corrected chi connectivity index (χ3v) is 3.51. The lowest BCUT2D eigenvalue weighted by Crippen LogP contribution is -2.44. The minimum atomic E-state index is 0.446. The number of piperazine rings is 1. The van der Waals surface area contributed by atoms with Crippen molar-refractivity contribution in [1.82, 2.24) is 14.9 Å². The van der Waals surface area contributed by atoms with E-state index in [1.807, 2.05) is 6.07 Å². The van der Waals surface area contributed by atoms with Crippen LogP contribution in [-0.2, 0) is 0 Å². The third kappa shape index (κ3) is 4.04. The number of nitrogens with two attached hydrogens (primary N) is 1. The van der Waals surface area contributed by atoms with E-state index in [0.717, 1.165) is 44.4 Å². The number of hydrogen-bond donors (Lipinski definition) is 2. The molecule has 0 aromatic carbocycles. The van der Waals surface area contributed by atoms with Gasteiger partial charge in [0.1, 0.15) is 18.0 Å². The maximum atomic E-state index is 5.61. The Morgan fingerprint density at radius 3 is 2.74 bits per heavy atom. The molecule has 0 spiro atoms. The van der Waals surface area contributed by atoms with Gasteiger partial charge in [0.15, 0.2) is 0 Å². The summed E-state index contributed by atoms with van der Waals surface area (Å²) in [5.74, 6) is 2.33. The summed E-state index contributed by atoms with van der Waals surface area (Å²) in [6.45, 7) is 7.85. The van der Waals surface area contributed by atoms with Crippen molar-refractivity contribution in [2.45, 2.75) is 6.92 Å². The predicted octanol–water partition coefficient (Wildman–Crippen LogP) is 0.235. The summed E-state index contributed by atoms with van der Waals surface area (Å²) in [5.41, 5.74) is 5.61. The van der Waals surface area contributed by atoms with Gasteiger partial charge in [0.25, 0.3) is 0 Å². The van der Waals surface area contributed by atoms with Gasteiger partial charge in [0, 0.05) is 38.8 Å². The van der Waals surface area contributed by atoms with E-state index < -0.39 is 0 Å². The molecule has 6 nitrogen and oxygen atoms in total. The molecule has 1 atom stereocenters. The molecule has 0 amide bonds. The predicted molar refractivity (Wildman–Crippen MR) is 78.5 cm³/mol. The summed E-state index contributed by atoms with van der Waals surface area (Å²) < 4.78 is 0. The first-order valence-electron chi connectivity index (χ1n) is 6.88. The molecule has 0 bridgehead atoms. The molecule has 0 radical (unpaired) electrons. The van der Waals surface area contributed by atoms with Gasteiger partial charge in [0.05, 0.1) is 0 Å². The van der Waals surface area contributed by atoms with Crippen molar-refractivity contribution >= 4 is 11.6 Å². The van der Waals surface area contributed by atoms with Crippen LogP contribution in [0.4, 0.5) is 11.6 Å². The first-order chi connectivity index (χ1) is 9.19. The summed E-state index contributed by atoms with van der Waals surface area (Å²) in [5, 5.41) is 3.32. The maximum absolute atomic E-state index is 5.61. The number of hydrogen-bond acceptors (Lipinski definition) is 6. The maximum Gasteiger partial charge on any atom is 0.134 e. The van der Waals surface area contributed by atoms with Crippen LogP contribution >= 0.6 is 0 Å². The van der Waals surface area contributed by atoms with Gasteiger partial charge >= 0.3 is 0 Å². The van der Waals surface area contributed by atoms with Crippen molar-refractivity contribution in [2.75, 3.05) is 56.5 Å². The van der Waals surface area contributed by atoms with Crippen molar-refractivity contribution in [1.29, 1.82) is 0 Å². The van der Waals surface area contributed by atoms with Gasteiger partial charge in [-0.1, -0.05) is 6.92 Å². The molecule has 0 saturated carbocycles. The van der Waals surface area contributed by atoms with Crippen LogP contribution in [0.1, 0.15) is 6.92 Å². The quantitative estimate of drug-likeness (QED) is 0.793. The third-order valence-electron chi connectivity index (χ3n) is 3.51. The normalized spacial score (nSPS) is 18.4. The Morgan fingerprint density at radius 2 is 2.05 bits per heavy atom. The van der Waals surface area contributed by atoms with Gasteiger partial charge in [-0.3, -0.25) is 0 Å². The molecule has 1 unspecified atom stereocenters. The van der Waals surface area contributed by atoms with Crippen LogP contribution in [0.15, 0.2) is 12.4 Å². The van der Waals surface area contributed by atoms with E-state index in [4.69, 9.17) is 5.73 Å². The molecular weight excluding hydrogens is 240 g/mol. The van der Waals surface area contributed by atoms with Crippen LogP contribution in [0, 0.1) is 5.92 Å². The number of nitrogens with one attached hydrogen (secondary N) is 1. The Kier molecular flexibility index (Phi) is 4.93. The van der Waals surface area contributed by atoms with Crippen LogP contribution in [-0.4, -0.2) is 61.2 Å². The molecule has 1 saturated heterocycles. The molecule has 0 aliphatic carbocycles. The van der Waals surface area contributed by atoms with E-state index in [9.17, 15) is 0 Å². The molecule has 1 aliphatic heterocycles. The Labute approximate surface area is 115 Å². The lowest BCUT2D eigenvalue weighted by molar-refractivity contribution is 0.312. The van der Waals surface area contributed by atoms with Gasteiger partial charge in [-0.2, -0.15) is 0 Å². The van der Waals surface area contributed by atoms with Crippen LogP contribution in [0.5, 0.6) is 0 Å². The highest BCUT2D eigenvalue weighted by Gasteiger charge is 2.15. The molecule has 2 heterocycles. The molecule has 19 heavy (non-hydrogen) atoms. The largest absolute Gasteiger partial charge is 0.370 e. The van der Waals surface area contributed by atoms with Crippen molar-refractivity contribution in [2.24, 2.45) is 11.7 Å². The molecule has 3 N–H and O–H groups in total. The summed E-state index contributed by atoms with van der Waals surface area (Å²) in [6.07, 6.45) is 1.63. The summed E-state index contributed by atoms with van der Waals surface area (Å²) in [4.78, 5) is 13.3. The minimum Gasteiger partial charge on any atom is -0.370 e. The van der Waals surface area contributed by atoms with E-state index in [-0.39, 0.29) is 0 Å². The molecule has 1 aromatic rings. The highest BCUT2D eigenvalue weighted by Crippen LogP contribution is 2.15. The molecule has 106 valence electrons. The number of rotatable bonds is 5. The smallest absolute Gasteiger partial charge is 0.134 e. The van der Waals surface area contributed by atoms with E-state index in [0.29, 0.717) is 12.5 Å². The Hall–Kier alpha value is -1.40. The fraction of sp³-hybridized carbons (Fsp3) is 0.692. The SMILES string of the molecule is CC(CN)CNc1cc(N2CCN(C)CC2)ncn1. The van der Waals surface area contributed by atoms with E-state index in [1.54, 1.807) is 6.33 Å². The summed E-state index contributed by atoms with van der Waals surface area (Å²) >= 11 is 0. The molecule has 2 rings (SSSR count). The zero-order valence-electron chi connectivity index (χ0n) is 11.8. The Balaban J connectivity index is 1.95. The van der Waals surface area contributed by atoms with Gasteiger partial charge in [-0.25, -0.2) is 9.97 Å². The van der Waals surface area contributed by atoms with E-state index >= 15 is 0 Å². The van der Waals surface area contributed by atoms with E-state index in [2.05, 4.69) is 39.1 Å². The fourth-order valence-corrected chi connectivity index (χ4v) is 2.01. The molecule has 1 fully saturated rings. The first kappa shape index (κ1) is 14.0. The number of anilines is 2. The topological polar surface area (TPSA) is 70.3 Å². The average molecular weight is 264 g/mol.